The summed E-state index contributed by atoms with van der Waals surface area (Å²) < 4.78 is 4.59. The molecule has 1 heterocycles. The number of aromatic nitrogens is 2. The van der Waals surface area contributed by atoms with Crippen LogP contribution in [0.5, 0.6) is 0 Å². The molecule has 0 radical (unpaired) electrons. The Balaban J connectivity index is 2.23. The molecule has 0 spiro atoms. The molecule has 1 aromatic rings. The Hall–Kier alpha value is -1.98. The van der Waals surface area contributed by atoms with Gasteiger partial charge >= 0.3 is 5.97 Å². The van der Waals surface area contributed by atoms with E-state index in [1.807, 2.05) is 0 Å². The number of carbonyl (C=O) groups is 1. The molecular formula is C12H16N4O2. The van der Waals surface area contributed by atoms with Crippen molar-refractivity contribution in [2.24, 2.45) is 0 Å². The first kappa shape index (κ1) is 12.5. The molecule has 1 aliphatic carbocycles. The first-order valence-corrected chi connectivity index (χ1v) is 5.97. The number of rotatable bonds is 4. The lowest BCUT2D eigenvalue weighted by molar-refractivity contribution is 0.0587. The fourth-order valence-electron chi connectivity index (χ4n) is 2.07. The van der Waals surface area contributed by atoms with Gasteiger partial charge in [-0.25, -0.2) is 14.8 Å². The monoisotopic (exact) mass is 248 g/mol. The van der Waals surface area contributed by atoms with Crippen molar-refractivity contribution in [3.8, 4) is 0 Å². The van der Waals surface area contributed by atoms with Gasteiger partial charge in [0.25, 0.3) is 0 Å². The highest BCUT2D eigenvalue weighted by molar-refractivity contribution is 5.88. The van der Waals surface area contributed by atoms with E-state index < -0.39 is 5.97 Å². The zero-order valence-electron chi connectivity index (χ0n) is 10.3. The third-order valence-electron chi connectivity index (χ3n) is 3.04. The molecule has 1 saturated carbocycles. The smallest absolute Gasteiger partial charge is 0.376 e. The van der Waals surface area contributed by atoms with E-state index in [1.54, 1.807) is 0 Å². The minimum Gasteiger partial charge on any atom is -0.463 e. The summed E-state index contributed by atoms with van der Waals surface area (Å²) in [7, 11) is 1.29. The Bertz CT molecular complexity index is 455. The third kappa shape index (κ3) is 2.64. The number of hydrogen-bond acceptors (Lipinski definition) is 6. The predicted molar refractivity (Wildman–Crippen MR) is 67.1 cm³/mol. The lowest BCUT2D eigenvalue weighted by atomic mass is 10.2. The quantitative estimate of drug-likeness (QED) is 0.624. The molecule has 0 aromatic carbocycles. The van der Waals surface area contributed by atoms with Crippen molar-refractivity contribution in [3.63, 3.8) is 0 Å². The second kappa shape index (κ2) is 5.57. The van der Waals surface area contributed by atoms with Crippen LogP contribution in [0.25, 0.3) is 0 Å². The summed E-state index contributed by atoms with van der Waals surface area (Å²) in [5, 5.41) is 10.6. The number of ether oxygens (including phenoxy) is 1. The average molecular weight is 248 g/mol. The third-order valence-corrected chi connectivity index (χ3v) is 3.04. The molecule has 2 rings (SSSR count). The van der Waals surface area contributed by atoms with Crippen LogP contribution in [0.3, 0.4) is 0 Å². The molecule has 1 aliphatic rings. The molecule has 96 valence electrons. The molecule has 0 unspecified atom stereocenters. The Labute approximate surface area is 105 Å². The van der Waals surface area contributed by atoms with Gasteiger partial charge in [-0.1, -0.05) is 12.8 Å². The van der Waals surface area contributed by atoms with E-state index in [4.69, 9.17) is 5.41 Å². The minimum absolute atomic E-state index is 0.0172. The number of methoxy groups -OCH3 is 1. The van der Waals surface area contributed by atoms with Gasteiger partial charge in [0.05, 0.1) is 12.7 Å². The maximum atomic E-state index is 11.4. The molecule has 0 amide bonds. The van der Waals surface area contributed by atoms with Crippen LogP contribution < -0.4 is 5.32 Å². The van der Waals surface area contributed by atoms with Crippen molar-refractivity contribution in [1.29, 1.82) is 5.41 Å². The zero-order chi connectivity index (χ0) is 13.0. The molecular weight excluding hydrogens is 232 g/mol. The normalized spacial score (nSPS) is 15.4. The topological polar surface area (TPSA) is 88.0 Å². The Morgan fingerprint density at radius 1 is 1.56 bits per heavy atom. The van der Waals surface area contributed by atoms with Crippen molar-refractivity contribution in [2.75, 3.05) is 12.4 Å². The maximum Gasteiger partial charge on any atom is 0.376 e. The number of nitrogens with one attached hydrogen (secondary N) is 2. The minimum atomic E-state index is -0.569. The molecule has 18 heavy (non-hydrogen) atoms. The molecule has 6 heteroatoms. The van der Waals surface area contributed by atoms with Crippen molar-refractivity contribution in [1.82, 2.24) is 9.97 Å². The highest BCUT2D eigenvalue weighted by atomic mass is 16.5. The van der Waals surface area contributed by atoms with Crippen LogP contribution in [-0.2, 0) is 4.74 Å². The van der Waals surface area contributed by atoms with Gasteiger partial charge < -0.3 is 15.5 Å². The SMILES string of the molecule is COC(=O)c1ncc(C=N)c(NC2CCCC2)n1. The van der Waals surface area contributed by atoms with Crippen molar-refractivity contribution >= 4 is 18.0 Å². The molecule has 0 aliphatic heterocycles. The largest absolute Gasteiger partial charge is 0.463 e. The average Bonchev–Trinajstić information content (AvgIpc) is 2.90. The number of nitrogens with zero attached hydrogens (tertiary/aromatic N) is 2. The van der Waals surface area contributed by atoms with Gasteiger partial charge in [-0.3, -0.25) is 0 Å². The second-order valence-corrected chi connectivity index (χ2v) is 4.26. The maximum absolute atomic E-state index is 11.4. The first-order valence-electron chi connectivity index (χ1n) is 5.97. The number of carbonyl (C=O) groups excluding carboxylic acids is 1. The van der Waals surface area contributed by atoms with Crippen LogP contribution in [-0.4, -0.2) is 35.3 Å². The van der Waals surface area contributed by atoms with Gasteiger partial charge in [0, 0.05) is 18.5 Å². The number of anilines is 1. The zero-order valence-corrected chi connectivity index (χ0v) is 10.3. The van der Waals surface area contributed by atoms with Gasteiger partial charge in [0.15, 0.2) is 0 Å². The number of esters is 1. The highest BCUT2D eigenvalue weighted by Crippen LogP contribution is 2.22. The van der Waals surface area contributed by atoms with Gasteiger partial charge in [0.1, 0.15) is 5.82 Å². The van der Waals surface area contributed by atoms with Crippen LogP contribution >= 0.6 is 0 Å². The van der Waals surface area contributed by atoms with Crippen molar-refractivity contribution in [2.45, 2.75) is 31.7 Å². The van der Waals surface area contributed by atoms with Gasteiger partial charge in [-0.05, 0) is 12.8 Å². The molecule has 2 N–H and O–H groups in total. The number of hydrogen-bond donors (Lipinski definition) is 2. The van der Waals surface area contributed by atoms with E-state index in [-0.39, 0.29) is 5.82 Å². The summed E-state index contributed by atoms with van der Waals surface area (Å²) in [4.78, 5) is 19.4. The van der Waals surface area contributed by atoms with E-state index >= 15 is 0 Å². The summed E-state index contributed by atoms with van der Waals surface area (Å²) in [5.41, 5.74) is 0.578. The van der Waals surface area contributed by atoms with Crippen LogP contribution in [0.15, 0.2) is 6.20 Å². The second-order valence-electron chi connectivity index (χ2n) is 4.26. The Morgan fingerprint density at radius 3 is 2.89 bits per heavy atom. The van der Waals surface area contributed by atoms with E-state index in [0.29, 0.717) is 17.4 Å². The summed E-state index contributed by atoms with van der Waals surface area (Å²) >= 11 is 0. The summed E-state index contributed by atoms with van der Waals surface area (Å²) in [6.45, 7) is 0. The van der Waals surface area contributed by atoms with E-state index in [0.717, 1.165) is 12.8 Å². The molecule has 0 saturated heterocycles. The standard InChI is InChI=1S/C12H16N4O2/c1-18-12(17)11-14-7-8(6-13)10(16-11)15-9-4-2-3-5-9/h6-7,9,13H,2-5H2,1H3,(H,14,15,16). The fourth-order valence-corrected chi connectivity index (χ4v) is 2.07. The lowest BCUT2D eigenvalue weighted by Crippen LogP contribution is -2.19. The van der Waals surface area contributed by atoms with E-state index in [2.05, 4.69) is 20.0 Å². The summed E-state index contributed by atoms with van der Waals surface area (Å²) in [6, 6.07) is 0.365. The molecule has 0 atom stereocenters. The van der Waals surface area contributed by atoms with Crippen LogP contribution in [0.2, 0.25) is 0 Å². The van der Waals surface area contributed by atoms with Gasteiger partial charge in [0.2, 0.25) is 5.82 Å². The molecule has 6 nitrogen and oxygen atoms in total. The van der Waals surface area contributed by atoms with E-state index in [1.165, 1.54) is 32.4 Å². The summed E-state index contributed by atoms with van der Waals surface area (Å²) in [5.74, 6) is -0.0168. The fraction of sp³-hybridized carbons (Fsp3) is 0.500. The van der Waals surface area contributed by atoms with Crippen molar-refractivity contribution in [3.05, 3.63) is 17.6 Å². The molecule has 1 aromatic heterocycles. The van der Waals surface area contributed by atoms with Gasteiger partial charge in [-0.2, -0.15) is 0 Å². The molecule has 0 bridgehead atoms. The Morgan fingerprint density at radius 2 is 2.28 bits per heavy atom. The van der Waals surface area contributed by atoms with E-state index in [9.17, 15) is 4.79 Å². The van der Waals surface area contributed by atoms with Crippen LogP contribution in [0.1, 0.15) is 41.9 Å². The molecule has 1 fully saturated rings. The van der Waals surface area contributed by atoms with Crippen LogP contribution in [0, 0.1) is 5.41 Å². The van der Waals surface area contributed by atoms with Gasteiger partial charge in [-0.15, -0.1) is 0 Å². The van der Waals surface area contributed by atoms with Crippen molar-refractivity contribution < 1.29 is 9.53 Å². The summed E-state index contributed by atoms with van der Waals surface area (Å²) in [6.07, 6.45) is 7.23. The predicted octanol–water partition coefficient (Wildman–Crippen LogP) is 1.62. The lowest BCUT2D eigenvalue weighted by Gasteiger charge is -2.14. The first-order chi connectivity index (χ1) is 8.74. The van der Waals surface area contributed by atoms with Crippen LogP contribution in [0.4, 0.5) is 5.82 Å². The highest BCUT2D eigenvalue weighted by Gasteiger charge is 2.18. The Kier molecular flexibility index (Phi) is 3.86.